The second kappa shape index (κ2) is 8.68. The normalized spacial score (nSPS) is 14.7. The van der Waals surface area contributed by atoms with E-state index in [4.69, 9.17) is 9.47 Å². The molecule has 1 heterocycles. The van der Waals surface area contributed by atoms with Crippen LogP contribution in [0.2, 0.25) is 0 Å². The van der Waals surface area contributed by atoms with Gasteiger partial charge in [0.15, 0.2) is 0 Å². The first-order valence-corrected chi connectivity index (χ1v) is 9.05. The van der Waals surface area contributed by atoms with Gasteiger partial charge in [-0.2, -0.15) is 0 Å². The number of piperazine rings is 1. The molecule has 1 saturated heterocycles. The predicted molar refractivity (Wildman–Crippen MR) is 102 cm³/mol. The summed E-state index contributed by atoms with van der Waals surface area (Å²) in [4.78, 5) is 28.2. The van der Waals surface area contributed by atoms with Crippen molar-refractivity contribution in [1.82, 2.24) is 4.90 Å². The third-order valence-corrected chi connectivity index (χ3v) is 4.90. The summed E-state index contributed by atoms with van der Waals surface area (Å²) in [6.45, 7) is 3.24. The number of carbonyl (C=O) groups excluding carboxylic acids is 2. The molecule has 0 unspecified atom stereocenters. The fourth-order valence-electron chi connectivity index (χ4n) is 3.25. The molecule has 0 aliphatic carbocycles. The second-order valence-corrected chi connectivity index (χ2v) is 6.60. The minimum atomic E-state index is 0.00873. The van der Waals surface area contributed by atoms with Crippen LogP contribution in [0.5, 0.6) is 11.5 Å². The Morgan fingerprint density at radius 3 is 2.22 bits per heavy atom. The first-order valence-electron chi connectivity index (χ1n) is 9.05. The Kier molecular flexibility index (Phi) is 6.08. The van der Waals surface area contributed by atoms with Crippen LogP contribution in [0.15, 0.2) is 48.5 Å². The Balaban J connectivity index is 1.53. The number of quaternary nitrogens is 1. The average Bonchev–Trinajstić information content (AvgIpc) is 2.74. The molecule has 1 amide bonds. The van der Waals surface area contributed by atoms with Crippen molar-refractivity contribution in [3.05, 3.63) is 59.7 Å². The molecule has 0 spiro atoms. The molecule has 0 bridgehead atoms. The molecule has 0 saturated carbocycles. The van der Waals surface area contributed by atoms with E-state index in [2.05, 4.69) is 0 Å². The second-order valence-electron chi connectivity index (χ2n) is 6.60. The fourth-order valence-corrected chi connectivity index (χ4v) is 3.25. The maximum absolute atomic E-state index is 12.7. The lowest BCUT2D eigenvalue weighted by atomic mass is 10.1. The lowest BCUT2D eigenvalue weighted by Gasteiger charge is -2.32. The largest absolute Gasteiger partial charge is 0.497 e. The first kappa shape index (κ1) is 18.9. The van der Waals surface area contributed by atoms with E-state index in [1.165, 1.54) is 4.90 Å². The zero-order valence-corrected chi connectivity index (χ0v) is 15.7. The number of Topliss-reactive ketones (excluding diaryl/α,β-unsaturated/α-hetero) is 1. The van der Waals surface area contributed by atoms with Crippen molar-refractivity contribution in [3.63, 3.8) is 0 Å². The molecule has 1 aliphatic rings. The third-order valence-electron chi connectivity index (χ3n) is 4.90. The highest BCUT2D eigenvalue weighted by atomic mass is 16.5. The predicted octanol–water partition coefficient (Wildman–Crippen LogP) is 0.927. The number of hydrogen-bond acceptors (Lipinski definition) is 4. The van der Waals surface area contributed by atoms with Gasteiger partial charge >= 0.3 is 0 Å². The van der Waals surface area contributed by atoms with E-state index in [-0.39, 0.29) is 11.7 Å². The van der Waals surface area contributed by atoms with Crippen LogP contribution in [0.1, 0.15) is 20.7 Å². The molecule has 1 N–H and O–H groups in total. The van der Waals surface area contributed by atoms with Crippen LogP contribution in [0, 0.1) is 0 Å². The quantitative estimate of drug-likeness (QED) is 0.770. The van der Waals surface area contributed by atoms with Crippen molar-refractivity contribution < 1.29 is 24.0 Å². The van der Waals surface area contributed by atoms with Gasteiger partial charge in [-0.15, -0.1) is 0 Å². The number of rotatable bonds is 6. The van der Waals surface area contributed by atoms with E-state index in [1.54, 1.807) is 50.6 Å². The highest BCUT2D eigenvalue weighted by Crippen LogP contribution is 2.14. The van der Waals surface area contributed by atoms with Crippen LogP contribution in [-0.4, -0.2) is 63.5 Å². The van der Waals surface area contributed by atoms with Crippen molar-refractivity contribution in [2.24, 2.45) is 0 Å². The summed E-state index contributed by atoms with van der Waals surface area (Å²) in [5.41, 5.74) is 1.32. The van der Waals surface area contributed by atoms with Crippen LogP contribution in [0.4, 0.5) is 0 Å². The number of benzene rings is 2. The van der Waals surface area contributed by atoms with Gasteiger partial charge in [0.1, 0.15) is 18.0 Å². The smallest absolute Gasteiger partial charge is 0.254 e. The van der Waals surface area contributed by atoms with Gasteiger partial charge in [0.2, 0.25) is 5.78 Å². The van der Waals surface area contributed by atoms with Gasteiger partial charge in [0.05, 0.1) is 40.4 Å². The number of nitrogens with zero attached hydrogens (tertiary/aromatic N) is 1. The van der Waals surface area contributed by atoms with E-state index in [0.717, 1.165) is 18.8 Å². The Labute approximate surface area is 159 Å². The van der Waals surface area contributed by atoms with Crippen molar-refractivity contribution in [2.45, 2.75) is 0 Å². The van der Waals surface area contributed by atoms with Gasteiger partial charge in [-0.3, -0.25) is 9.59 Å². The summed E-state index contributed by atoms with van der Waals surface area (Å²) in [7, 11) is 3.19. The Morgan fingerprint density at radius 2 is 1.59 bits per heavy atom. The van der Waals surface area contributed by atoms with Gasteiger partial charge in [-0.1, -0.05) is 6.07 Å². The van der Waals surface area contributed by atoms with Gasteiger partial charge in [-0.25, -0.2) is 0 Å². The number of carbonyl (C=O) groups is 2. The molecule has 2 aromatic rings. The molecule has 2 aromatic carbocycles. The number of nitrogens with one attached hydrogen (secondary N) is 1. The lowest BCUT2D eigenvalue weighted by molar-refractivity contribution is -0.895. The summed E-state index contributed by atoms with van der Waals surface area (Å²) in [5.74, 6) is 1.54. The molecule has 6 heteroatoms. The lowest BCUT2D eigenvalue weighted by Crippen LogP contribution is -3.15. The summed E-state index contributed by atoms with van der Waals surface area (Å²) in [5, 5.41) is 0. The molecule has 3 rings (SSSR count). The van der Waals surface area contributed by atoms with E-state index in [1.807, 2.05) is 17.0 Å². The number of ketones is 1. The molecule has 142 valence electrons. The first-order chi connectivity index (χ1) is 13.1. The van der Waals surface area contributed by atoms with Crippen LogP contribution in [0.3, 0.4) is 0 Å². The fraction of sp³-hybridized carbons (Fsp3) is 0.333. The highest BCUT2D eigenvalue weighted by molar-refractivity contribution is 5.97. The number of hydrogen-bond donors (Lipinski definition) is 1. The Bertz CT molecular complexity index is 796. The van der Waals surface area contributed by atoms with Gasteiger partial charge < -0.3 is 19.3 Å². The van der Waals surface area contributed by atoms with Crippen LogP contribution in [-0.2, 0) is 0 Å². The Morgan fingerprint density at radius 1 is 0.926 bits per heavy atom. The molecule has 0 atom stereocenters. The topological polar surface area (TPSA) is 60.3 Å². The Hall–Kier alpha value is -2.86. The molecular formula is C21H25N2O4+. The van der Waals surface area contributed by atoms with E-state index >= 15 is 0 Å². The summed E-state index contributed by atoms with van der Waals surface area (Å²) in [6.07, 6.45) is 0. The van der Waals surface area contributed by atoms with Crippen LogP contribution < -0.4 is 14.4 Å². The van der Waals surface area contributed by atoms with Crippen LogP contribution >= 0.6 is 0 Å². The zero-order chi connectivity index (χ0) is 19.2. The summed E-state index contributed by atoms with van der Waals surface area (Å²) >= 11 is 0. The summed E-state index contributed by atoms with van der Waals surface area (Å²) < 4.78 is 10.3. The molecule has 0 aromatic heterocycles. The number of ether oxygens (including phenoxy) is 2. The molecule has 27 heavy (non-hydrogen) atoms. The minimum Gasteiger partial charge on any atom is -0.497 e. The van der Waals surface area contributed by atoms with E-state index < -0.39 is 0 Å². The third kappa shape index (κ3) is 4.65. The average molecular weight is 369 g/mol. The van der Waals surface area contributed by atoms with E-state index in [0.29, 0.717) is 36.5 Å². The zero-order valence-electron chi connectivity index (χ0n) is 15.7. The molecule has 1 fully saturated rings. The molecule has 0 radical (unpaired) electrons. The highest BCUT2D eigenvalue weighted by Gasteiger charge is 2.26. The monoisotopic (exact) mass is 369 g/mol. The summed E-state index contributed by atoms with van der Waals surface area (Å²) in [6, 6.07) is 14.4. The molecule has 6 nitrogen and oxygen atoms in total. The minimum absolute atomic E-state index is 0.00873. The van der Waals surface area contributed by atoms with Gasteiger partial charge in [-0.05, 0) is 42.5 Å². The van der Waals surface area contributed by atoms with E-state index in [9.17, 15) is 9.59 Å². The van der Waals surface area contributed by atoms with Crippen molar-refractivity contribution in [1.29, 1.82) is 0 Å². The maximum Gasteiger partial charge on any atom is 0.254 e. The SMILES string of the molecule is COc1ccc(C(=O)C[NH+]2CCN(C(=O)c3cccc(OC)c3)CC2)cc1. The maximum atomic E-state index is 12.7. The number of amides is 1. The molecule has 1 aliphatic heterocycles. The van der Waals surface area contributed by atoms with Gasteiger partial charge in [0, 0.05) is 11.1 Å². The van der Waals surface area contributed by atoms with Crippen molar-refractivity contribution >= 4 is 11.7 Å². The van der Waals surface area contributed by atoms with Crippen LogP contribution in [0.25, 0.3) is 0 Å². The number of methoxy groups -OCH3 is 2. The standard InChI is InChI=1S/C21H24N2O4/c1-26-18-8-6-16(7-9-18)20(24)15-22-10-12-23(13-11-22)21(25)17-4-3-5-19(14-17)27-2/h3-9,14H,10-13,15H2,1-2H3/p+1. The molecular weight excluding hydrogens is 344 g/mol. The van der Waals surface area contributed by atoms with Crippen molar-refractivity contribution in [3.8, 4) is 11.5 Å². The van der Waals surface area contributed by atoms with Gasteiger partial charge in [0.25, 0.3) is 5.91 Å². The van der Waals surface area contributed by atoms with Crippen molar-refractivity contribution in [2.75, 3.05) is 46.9 Å².